The van der Waals surface area contributed by atoms with E-state index in [1.807, 2.05) is 37.5 Å². The first-order chi connectivity index (χ1) is 13.1. The standard InChI is InChI=1S/C20H19N5O2/c1-13-19(26)8-16(10-22-13)24-20-18-4-3-17(7-15(18)5-6-21-20)27-12-14-9-23-25(2)11-14/h3-11,26H,12H2,1-2H3,(H,21,24). The maximum Gasteiger partial charge on any atom is 0.138 e. The SMILES string of the molecule is Cc1ncc(Nc2nccc3cc(OCc4cnn(C)c4)ccc23)cc1O. The number of aryl methyl sites for hydroxylation is 2. The molecule has 27 heavy (non-hydrogen) atoms. The number of anilines is 2. The number of hydrogen-bond acceptors (Lipinski definition) is 6. The molecule has 0 aliphatic carbocycles. The normalized spacial score (nSPS) is 10.9. The Bertz CT molecular complexity index is 1110. The minimum absolute atomic E-state index is 0.145. The summed E-state index contributed by atoms with van der Waals surface area (Å²) in [7, 11) is 1.88. The molecule has 7 nitrogen and oxygen atoms in total. The van der Waals surface area contributed by atoms with Crippen molar-refractivity contribution in [3.8, 4) is 11.5 Å². The van der Waals surface area contributed by atoms with Crippen molar-refractivity contribution in [1.82, 2.24) is 19.7 Å². The lowest BCUT2D eigenvalue weighted by Gasteiger charge is -2.11. The van der Waals surface area contributed by atoms with Crippen LogP contribution in [0.25, 0.3) is 10.8 Å². The lowest BCUT2D eigenvalue weighted by molar-refractivity contribution is 0.306. The van der Waals surface area contributed by atoms with E-state index in [1.165, 1.54) is 0 Å². The molecule has 4 aromatic rings. The van der Waals surface area contributed by atoms with Gasteiger partial charge in [-0.05, 0) is 36.6 Å². The van der Waals surface area contributed by atoms with E-state index < -0.39 is 0 Å². The van der Waals surface area contributed by atoms with Crippen LogP contribution in [0, 0.1) is 6.92 Å². The number of aromatic nitrogens is 4. The fourth-order valence-corrected chi connectivity index (χ4v) is 2.79. The minimum atomic E-state index is 0.145. The Kier molecular flexibility index (Phi) is 4.33. The molecule has 0 amide bonds. The maximum atomic E-state index is 9.84. The van der Waals surface area contributed by atoms with E-state index in [0.29, 0.717) is 23.8 Å². The summed E-state index contributed by atoms with van der Waals surface area (Å²) in [6.45, 7) is 2.21. The van der Waals surface area contributed by atoms with E-state index in [9.17, 15) is 5.11 Å². The lowest BCUT2D eigenvalue weighted by atomic mass is 10.1. The first-order valence-corrected chi connectivity index (χ1v) is 8.50. The lowest BCUT2D eigenvalue weighted by Crippen LogP contribution is -1.97. The molecule has 0 atom stereocenters. The molecule has 0 saturated heterocycles. The highest BCUT2D eigenvalue weighted by molar-refractivity contribution is 5.94. The second kappa shape index (κ2) is 6.95. The Hall–Kier alpha value is -3.61. The fourth-order valence-electron chi connectivity index (χ4n) is 2.79. The summed E-state index contributed by atoms with van der Waals surface area (Å²) >= 11 is 0. The number of benzene rings is 1. The van der Waals surface area contributed by atoms with Gasteiger partial charge in [0.1, 0.15) is 23.9 Å². The Morgan fingerprint density at radius 1 is 1.15 bits per heavy atom. The Balaban J connectivity index is 1.57. The van der Waals surface area contributed by atoms with Crippen LogP contribution in [-0.2, 0) is 13.7 Å². The van der Waals surface area contributed by atoms with Crippen LogP contribution in [0.5, 0.6) is 11.5 Å². The van der Waals surface area contributed by atoms with E-state index in [0.717, 1.165) is 22.1 Å². The summed E-state index contributed by atoms with van der Waals surface area (Å²) in [5.74, 6) is 1.61. The average molecular weight is 361 g/mol. The van der Waals surface area contributed by atoms with Gasteiger partial charge in [-0.2, -0.15) is 5.10 Å². The largest absolute Gasteiger partial charge is 0.506 e. The van der Waals surface area contributed by atoms with E-state index >= 15 is 0 Å². The van der Waals surface area contributed by atoms with Gasteiger partial charge in [0.25, 0.3) is 0 Å². The minimum Gasteiger partial charge on any atom is -0.506 e. The molecule has 3 aromatic heterocycles. The molecule has 0 bridgehead atoms. The van der Waals surface area contributed by atoms with Gasteiger partial charge in [-0.3, -0.25) is 9.67 Å². The van der Waals surface area contributed by atoms with Gasteiger partial charge in [0, 0.05) is 36.5 Å². The molecule has 0 fully saturated rings. The van der Waals surface area contributed by atoms with Crippen molar-refractivity contribution in [3.63, 3.8) is 0 Å². The molecule has 0 radical (unpaired) electrons. The summed E-state index contributed by atoms with van der Waals surface area (Å²) in [5.41, 5.74) is 2.28. The molecule has 0 spiro atoms. The summed E-state index contributed by atoms with van der Waals surface area (Å²) in [6, 6.07) is 9.42. The van der Waals surface area contributed by atoms with E-state index in [4.69, 9.17) is 4.74 Å². The second-order valence-electron chi connectivity index (χ2n) is 6.31. The Morgan fingerprint density at radius 2 is 2.04 bits per heavy atom. The molecule has 0 saturated carbocycles. The highest BCUT2D eigenvalue weighted by Crippen LogP contribution is 2.29. The molecule has 2 N–H and O–H groups in total. The van der Waals surface area contributed by atoms with Crippen LogP contribution < -0.4 is 10.1 Å². The number of ether oxygens (including phenoxy) is 1. The molecule has 136 valence electrons. The zero-order valence-corrected chi connectivity index (χ0v) is 15.0. The van der Waals surface area contributed by atoms with Crippen LogP contribution >= 0.6 is 0 Å². The fraction of sp³-hybridized carbons (Fsp3) is 0.150. The van der Waals surface area contributed by atoms with Gasteiger partial charge in [-0.1, -0.05) is 0 Å². The molecule has 7 heteroatoms. The highest BCUT2D eigenvalue weighted by Gasteiger charge is 2.07. The number of fused-ring (bicyclic) bond motifs is 1. The van der Waals surface area contributed by atoms with Gasteiger partial charge >= 0.3 is 0 Å². The summed E-state index contributed by atoms with van der Waals surface area (Å²) in [4.78, 5) is 8.56. The highest BCUT2D eigenvalue weighted by atomic mass is 16.5. The second-order valence-corrected chi connectivity index (χ2v) is 6.31. The van der Waals surface area contributed by atoms with Crippen LogP contribution in [0.2, 0.25) is 0 Å². The topological polar surface area (TPSA) is 85.1 Å². The van der Waals surface area contributed by atoms with E-state index in [-0.39, 0.29) is 5.75 Å². The van der Waals surface area contributed by atoms with Crippen molar-refractivity contribution in [2.24, 2.45) is 7.05 Å². The quantitative estimate of drug-likeness (QED) is 0.564. The van der Waals surface area contributed by atoms with E-state index in [1.54, 1.807) is 36.3 Å². The number of pyridine rings is 2. The molecular formula is C20H19N5O2. The number of nitrogens with zero attached hydrogens (tertiary/aromatic N) is 4. The molecule has 0 unspecified atom stereocenters. The molecular weight excluding hydrogens is 342 g/mol. The zero-order valence-electron chi connectivity index (χ0n) is 15.0. The van der Waals surface area contributed by atoms with Crippen molar-refractivity contribution in [3.05, 3.63) is 66.4 Å². The maximum absolute atomic E-state index is 9.84. The van der Waals surface area contributed by atoms with Gasteiger partial charge in [-0.25, -0.2) is 4.98 Å². The molecule has 3 heterocycles. The van der Waals surface area contributed by atoms with Gasteiger partial charge in [0.15, 0.2) is 0 Å². The summed E-state index contributed by atoms with van der Waals surface area (Å²) in [5, 5.41) is 19.1. The van der Waals surface area contributed by atoms with Crippen molar-refractivity contribution >= 4 is 22.3 Å². The smallest absolute Gasteiger partial charge is 0.138 e. The monoisotopic (exact) mass is 361 g/mol. The number of aromatic hydroxyl groups is 1. The third-order valence-electron chi connectivity index (χ3n) is 4.22. The van der Waals surface area contributed by atoms with Crippen LogP contribution in [-0.4, -0.2) is 24.9 Å². The molecule has 1 aromatic carbocycles. The van der Waals surface area contributed by atoms with Crippen molar-refractivity contribution in [1.29, 1.82) is 0 Å². The zero-order chi connectivity index (χ0) is 18.8. The van der Waals surface area contributed by atoms with Gasteiger partial charge in [0.2, 0.25) is 0 Å². The average Bonchev–Trinajstić information content (AvgIpc) is 3.08. The van der Waals surface area contributed by atoms with Crippen LogP contribution in [0.4, 0.5) is 11.5 Å². The molecule has 0 aliphatic heterocycles. The summed E-state index contributed by atoms with van der Waals surface area (Å²) in [6.07, 6.45) is 7.12. The Morgan fingerprint density at radius 3 is 2.81 bits per heavy atom. The van der Waals surface area contributed by atoms with E-state index in [2.05, 4.69) is 20.4 Å². The van der Waals surface area contributed by atoms with Crippen molar-refractivity contribution in [2.45, 2.75) is 13.5 Å². The predicted molar refractivity (Wildman–Crippen MR) is 103 cm³/mol. The first-order valence-electron chi connectivity index (χ1n) is 8.50. The van der Waals surface area contributed by atoms with Crippen molar-refractivity contribution in [2.75, 3.05) is 5.32 Å². The third kappa shape index (κ3) is 3.67. The Labute approximate surface area is 156 Å². The number of hydrogen-bond donors (Lipinski definition) is 2. The van der Waals surface area contributed by atoms with Gasteiger partial charge in [0.05, 0.1) is 23.8 Å². The number of rotatable bonds is 5. The van der Waals surface area contributed by atoms with Gasteiger partial charge < -0.3 is 15.2 Å². The number of nitrogens with one attached hydrogen (secondary N) is 1. The first kappa shape index (κ1) is 16.8. The third-order valence-corrected chi connectivity index (χ3v) is 4.22. The van der Waals surface area contributed by atoms with Crippen LogP contribution in [0.15, 0.2) is 55.1 Å². The molecule has 0 aliphatic rings. The molecule has 4 rings (SSSR count). The van der Waals surface area contributed by atoms with Crippen molar-refractivity contribution < 1.29 is 9.84 Å². The van der Waals surface area contributed by atoms with Gasteiger partial charge in [-0.15, -0.1) is 0 Å². The van der Waals surface area contributed by atoms with Crippen LogP contribution in [0.3, 0.4) is 0 Å². The summed E-state index contributed by atoms with van der Waals surface area (Å²) < 4.78 is 7.61. The van der Waals surface area contributed by atoms with Crippen LogP contribution in [0.1, 0.15) is 11.3 Å². The predicted octanol–water partition coefficient (Wildman–Crippen LogP) is 3.70.